The van der Waals surface area contributed by atoms with Gasteiger partial charge in [-0.2, -0.15) is 0 Å². The van der Waals surface area contributed by atoms with Crippen LogP contribution in [0.2, 0.25) is 0 Å². The molecule has 0 spiro atoms. The molecule has 4 N–H and O–H groups in total. The average molecular weight is 816 g/mol. The standard InChI is InChI=1S/C43H69N5O10/c1-12-26(5)36-41(53)48(11)33(24-29-14-16-30(17-15-29)58-43(8,9)10)40(52)47-37(27(6)13-2)42(54)57-28(7)23-34(49)44-32(22-25(3)4)39(51)45-31(38(50)46-36)18-19-35-55-20-21-56-35/h14-17,25-28,31-33,35-37H,12-13,18-24H2,1-11H3,(H,44,49)(H,45,51)(H,46,50)(H,47,52)/t26-,27-,28+,31-,32-,33-,36-,37-/m0/s1. The van der Waals surface area contributed by atoms with E-state index in [0.29, 0.717) is 31.8 Å². The highest BCUT2D eigenvalue weighted by Crippen LogP contribution is 2.22. The number of nitrogens with one attached hydrogen (secondary N) is 4. The van der Waals surface area contributed by atoms with Crippen molar-refractivity contribution in [2.24, 2.45) is 17.8 Å². The zero-order chi connectivity index (χ0) is 43.3. The number of benzene rings is 1. The number of nitrogens with zero attached hydrogens (tertiary/aromatic N) is 1. The van der Waals surface area contributed by atoms with Crippen molar-refractivity contribution in [3.8, 4) is 5.75 Å². The van der Waals surface area contributed by atoms with Gasteiger partial charge in [0, 0.05) is 19.9 Å². The second kappa shape index (κ2) is 22.2. The number of cyclic esters (lactones) is 1. The Morgan fingerprint density at radius 1 is 0.776 bits per heavy atom. The molecule has 0 saturated carbocycles. The van der Waals surface area contributed by atoms with Crippen LogP contribution < -0.4 is 26.0 Å². The molecule has 1 aromatic rings. The fourth-order valence-electron chi connectivity index (χ4n) is 6.85. The molecule has 15 nitrogen and oxygen atoms in total. The van der Waals surface area contributed by atoms with E-state index in [1.165, 1.54) is 11.9 Å². The Morgan fingerprint density at radius 2 is 1.34 bits per heavy atom. The largest absolute Gasteiger partial charge is 0.488 e. The van der Waals surface area contributed by atoms with Crippen molar-refractivity contribution in [3.63, 3.8) is 0 Å². The molecule has 58 heavy (non-hydrogen) atoms. The highest BCUT2D eigenvalue weighted by molar-refractivity contribution is 5.96. The van der Waals surface area contributed by atoms with Gasteiger partial charge in [0.1, 0.15) is 47.7 Å². The van der Waals surface area contributed by atoms with Gasteiger partial charge < -0.3 is 45.1 Å². The third-order valence-corrected chi connectivity index (χ3v) is 10.6. The molecule has 0 aliphatic carbocycles. The van der Waals surface area contributed by atoms with Crippen LogP contribution >= 0.6 is 0 Å². The third kappa shape index (κ3) is 14.9. The first-order valence-electron chi connectivity index (χ1n) is 20.9. The summed E-state index contributed by atoms with van der Waals surface area (Å²) < 4.78 is 23.0. The van der Waals surface area contributed by atoms with Crippen molar-refractivity contribution in [2.45, 2.75) is 162 Å². The van der Waals surface area contributed by atoms with Crippen molar-refractivity contribution in [1.82, 2.24) is 26.2 Å². The molecule has 3 rings (SSSR count). The van der Waals surface area contributed by atoms with Gasteiger partial charge in [0.05, 0.1) is 19.6 Å². The summed E-state index contributed by atoms with van der Waals surface area (Å²) in [5.41, 5.74) is 0.293. The molecule has 2 fully saturated rings. The van der Waals surface area contributed by atoms with Crippen molar-refractivity contribution in [3.05, 3.63) is 29.8 Å². The smallest absolute Gasteiger partial charge is 0.329 e. The molecule has 0 radical (unpaired) electrons. The molecule has 0 bridgehead atoms. The topological polar surface area (TPSA) is 191 Å². The Morgan fingerprint density at radius 3 is 1.91 bits per heavy atom. The number of esters is 1. The van der Waals surface area contributed by atoms with Crippen LogP contribution in [0.4, 0.5) is 0 Å². The molecular weight excluding hydrogens is 746 g/mol. The van der Waals surface area contributed by atoms with Crippen LogP contribution in [-0.4, -0.2) is 109 Å². The van der Waals surface area contributed by atoms with E-state index in [9.17, 15) is 28.8 Å². The lowest BCUT2D eigenvalue weighted by Gasteiger charge is -2.35. The normalized spacial score (nSPS) is 26.4. The molecule has 2 aliphatic rings. The molecule has 326 valence electrons. The van der Waals surface area contributed by atoms with Gasteiger partial charge in [0.25, 0.3) is 0 Å². The number of carbonyl (C=O) groups excluding carboxylic acids is 6. The number of hydrogen-bond donors (Lipinski definition) is 4. The summed E-state index contributed by atoms with van der Waals surface area (Å²) in [7, 11) is 1.51. The summed E-state index contributed by atoms with van der Waals surface area (Å²) in [6.45, 7) is 19.4. The molecule has 15 heteroatoms. The van der Waals surface area contributed by atoms with Crippen molar-refractivity contribution in [2.75, 3.05) is 20.3 Å². The van der Waals surface area contributed by atoms with Crippen LogP contribution in [0.5, 0.6) is 5.75 Å². The van der Waals surface area contributed by atoms with Crippen molar-refractivity contribution >= 4 is 35.5 Å². The van der Waals surface area contributed by atoms with E-state index in [1.54, 1.807) is 19.1 Å². The quantitative estimate of drug-likeness (QED) is 0.226. The fraction of sp³-hybridized carbons (Fsp3) is 0.721. The van der Waals surface area contributed by atoms with Gasteiger partial charge >= 0.3 is 5.97 Å². The lowest BCUT2D eigenvalue weighted by atomic mass is 9.94. The first kappa shape index (κ1) is 48.1. The van der Waals surface area contributed by atoms with E-state index in [2.05, 4.69) is 21.3 Å². The lowest BCUT2D eigenvalue weighted by Crippen LogP contribution is -2.61. The number of hydrogen-bond acceptors (Lipinski definition) is 10. The first-order valence-corrected chi connectivity index (χ1v) is 20.9. The number of amides is 5. The van der Waals surface area contributed by atoms with Crippen LogP contribution in [0.25, 0.3) is 0 Å². The maximum absolute atomic E-state index is 14.7. The summed E-state index contributed by atoms with van der Waals surface area (Å²) in [4.78, 5) is 85.7. The lowest BCUT2D eigenvalue weighted by molar-refractivity contribution is -0.155. The van der Waals surface area contributed by atoms with E-state index in [-0.39, 0.29) is 49.9 Å². The molecule has 1 aromatic carbocycles. The summed E-state index contributed by atoms with van der Waals surface area (Å²) in [5.74, 6) is -3.69. The summed E-state index contributed by atoms with van der Waals surface area (Å²) in [6.07, 6.45) is 0.0249. The number of ether oxygens (including phenoxy) is 4. The van der Waals surface area contributed by atoms with Crippen LogP contribution in [0.1, 0.15) is 113 Å². The van der Waals surface area contributed by atoms with E-state index >= 15 is 0 Å². The minimum absolute atomic E-state index is 0.00831. The predicted molar refractivity (Wildman–Crippen MR) is 218 cm³/mol. The highest BCUT2D eigenvalue weighted by atomic mass is 16.7. The van der Waals surface area contributed by atoms with Gasteiger partial charge in [-0.1, -0.05) is 66.5 Å². The van der Waals surface area contributed by atoms with E-state index < -0.39 is 83.7 Å². The van der Waals surface area contributed by atoms with Gasteiger partial charge in [-0.05, 0) is 76.0 Å². The first-order chi connectivity index (χ1) is 27.2. The molecule has 0 aromatic heterocycles. The van der Waals surface area contributed by atoms with Gasteiger partial charge in [-0.25, -0.2) is 4.79 Å². The Hall–Kier alpha value is -4.24. The Balaban J connectivity index is 2.11. The second-order valence-corrected chi connectivity index (χ2v) is 17.3. The van der Waals surface area contributed by atoms with Crippen LogP contribution in [0, 0.1) is 17.8 Å². The van der Waals surface area contributed by atoms with Gasteiger partial charge in [-0.15, -0.1) is 0 Å². The molecule has 2 aliphatic heterocycles. The molecule has 2 saturated heterocycles. The molecular formula is C43H69N5O10. The zero-order valence-corrected chi connectivity index (χ0v) is 36.5. The maximum Gasteiger partial charge on any atom is 0.329 e. The van der Waals surface area contributed by atoms with Gasteiger partial charge in [0.15, 0.2) is 6.29 Å². The van der Waals surface area contributed by atoms with E-state index in [4.69, 9.17) is 18.9 Å². The SMILES string of the molecule is CC[C@H](C)[C@@H]1NC(=O)[C@H](Cc2ccc(OC(C)(C)C)cc2)N(C)C(=O)[C@H]([C@@H](C)CC)NC(=O)[C@H](CCC2OCCO2)NC(=O)[C@H](CC(C)C)NC(=O)C[C@@H](C)OC1=O. The second-order valence-electron chi connectivity index (χ2n) is 17.3. The number of likely N-dealkylation sites (N-methyl/N-ethyl adjacent to an activating group) is 1. The van der Waals surface area contributed by atoms with Crippen LogP contribution in [0.15, 0.2) is 24.3 Å². The Bertz CT molecular complexity index is 1540. The Labute approximate surface area is 344 Å². The van der Waals surface area contributed by atoms with Crippen molar-refractivity contribution in [1.29, 1.82) is 0 Å². The third-order valence-electron chi connectivity index (χ3n) is 10.6. The molecule has 8 atom stereocenters. The van der Waals surface area contributed by atoms with E-state index in [1.807, 2.05) is 74.4 Å². The van der Waals surface area contributed by atoms with Crippen LogP contribution in [-0.2, 0) is 49.4 Å². The predicted octanol–water partition coefficient (Wildman–Crippen LogP) is 3.80. The minimum Gasteiger partial charge on any atom is -0.488 e. The number of rotatable bonds is 12. The van der Waals surface area contributed by atoms with E-state index in [0.717, 1.165) is 5.56 Å². The highest BCUT2D eigenvalue weighted by Gasteiger charge is 2.39. The molecule has 5 amide bonds. The fourth-order valence-corrected chi connectivity index (χ4v) is 6.85. The monoisotopic (exact) mass is 816 g/mol. The minimum atomic E-state index is -1.13. The number of carbonyl (C=O) groups is 6. The zero-order valence-electron chi connectivity index (χ0n) is 36.5. The Kier molecular flexibility index (Phi) is 18.4. The molecule has 2 heterocycles. The van der Waals surface area contributed by atoms with Crippen LogP contribution in [0.3, 0.4) is 0 Å². The summed E-state index contributed by atoms with van der Waals surface area (Å²) in [6, 6.07) is 1.78. The van der Waals surface area contributed by atoms with Crippen molar-refractivity contribution < 1.29 is 47.7 Å². The average Bonchev–Trinajstić information content (AvgIpc) is 3.68. The van der Waals surface area contributed by atoms with Gasteiger partial charge in [-0.3, -0.25) is 24.0 Å². The summed E-state index contributed by atoms with van der Waals surface area (Å²) in [5, 5.41) is 11.4. The summed E-state index contributed by atoms with van der Waals surface area (Å²) >= 11 is 0. The maximum atomic E-state index is 14.7. The van der Waals surface area contributed by atoms with Gasteiger partial charge in [0.2, 0.25) is 29.5 Å². The molecule has 0 unspecified atom stereocenters.